The number of carbonyl (C=O) groups excluding carboxylic acids is 3. The maximum Gasteiger partial charge on any atom is 0.338 e. The van der Waals surface area contributed by atoms with E-state index in [4.69, 9.17) is 9.47 Å². The lowest BCUT2D eigenvalue weighted by Crippen LogP contribution is -2.55. The molecule has 0 aromatic heterocycles. The van der Waals surface area contributed by atoms with Gasteiger partial charge in [0.2, 0.25) is 0 Å². The van der Waals surface area contributed by atoms with E-state index in [0.717, 1.165) is 32.2 Å². The summed E-state index contributed by atoms with van der Waals surface area (Å²) in [5.74, 6) is -1.72. The Hall–Kier alpha value is -2.28. The fourth-order valence-electron chi connectivity index (χ4n) is 4.64. The third kappa shape index (κ3) is 5.01. The van der Waals surface area contributed by atoms with Crippen molar-refractivity contribution in [2.75, 3.05) is 13.7 Å². The minimum atomic E-state index is -0.564. The molecular weight excluding hydrogens is 377 g/mol. The Labute approximate surface area is 170 Å². The highest BCUT2D eigenvalue weighted by Crippen LogP contribution is 2.41. The van der Waals surface area contributed by atoms with Crippen molar-refractivity contribution >= 4 is 17.7 Å². The second-order valence-electron chi connectivity index (χ2n) is 7.93. The number of ketones is 1. The highest BCUT2D eigenvalue weighted by atomic mass is 19.1. The van der Waals surface area contributed by atoms with Gasteiger partial charge in [-0.25, -0.2) is 9.18 Å². The van der Waals surface area contributed by atoms with Crippen LogP contribution in [0, 0.1) is 11.7 Å². The van der Waals surface area contributed by atoms with E-state index in [-0.39, 0.29) is 29.4 Å². The van der Waals surface area contributed by atoms with Crippen LogP contribution in [-0.4, -0.2) is 54.5 Å². The van der Waals surface area contributed by atoms with Crippen LogP contribution in [0.15, 0.2) is 24.3 Å². The predicted octanol–water partition coefficient (Wildman–Crippen LogP) is 3.14. The molecule has 2 bridgehead atoms. The quantitative estimate of drug-likeness (QED) is 0.489. The second-order valence-corrected chi connectivity index (χ2v) is 7.93. The fourth-order valence-corrected chi connectivity index (χ4v) is 4.64. The zero-order chi connectivity index (χ0) is 21.0. The van der Waals surface area contributed by atoms with Crippen LogP contribution in [0.5, 0.6) is 0 Å². The number of rotatable bonds is 8. The van der Waals surface area contributed by atoms with E-state index >= 15 is 0 Å². The fraction of sp³-hybridized carbons (Fsp3) is 0.591. The van der Waals surface area contributed by atoms with Crippen molar-refractivity contribution in [1.82, 2.24) is 4.90 Å². The number of halogens is 1. The summed E-state index contributed by atoms with van der Waals surface area (Å²) in [5.41, 5.74) is 0.258. The smallest absolute Gasteiger partial charge is 0.338 e. The number of benzene rings is 1. The minimum absolute atomic E-state index is 0.0375. The van der Waals surface area contributed by atoms with Crippen molar-refractivity contribution < 1.29 is 28.2 Å². The molecule has 2 saturated heterocycles. The maximum atomic E-state index is 13.1. The van der Waals surface area contributed by atoms with Crippen LogP contribution in [0.3, 0.4) is 0 Å². The molecule has 2 aliphatic rings. The molecule has 4 atom stereocenters. The lowest BCUT2D eigenvalue weighted by molar-refractivity contribution is -0.156. The normalized spacial score (nSPS) is 26.2. The van der Waals surface area contributed by atoms with E-state index in [9.17, 15) is 18.8 Å². The molecule has 7 heteroatoms. The van der Waals surface area contributed by atoms with Gasteiger partial charge in [-0.2, -0.15) is 0 Å². The van der Waals surface area contributed by atoms with Crippen molar-refractivity contribution in [3.8, 4) is 0 Å². The monoisotopic (exact) mass is 405 g/mol. The van der Waals surface area contributed by atoms with Gasteiger partial charge in [-0.05, 0) is 63.4 Å². The van der Waals surface area contributed by atoms with Crippen LogP contribution >= 0.6 is 0 Å². The molecule has 2 unspecified atom stereocenters. The van der Waals surface area contributed by atoms with Crippen LogP contribution in [0.25, 0.3) is 0 Å². The van der Waals surface area contributed by atoms with Gasteiger partial charge in [-0.1, -0.05) is 0 Å². The lowest BCUT2D eigenvalue weighted by atomic mass is 9.87. The van der Waals surface area contributed by atoms with Gasteiger partial charge >= 0.3 is 11.9 Å². The molecule has 1 aromatic rings. The first-order chi connectivity index (χ1) is 13.9. The number of hydrogen-bond acceptors (Lipinski definition) is 6. The summed E-state index contributed by atoms with van der Waals surface area (Å²) in [6.07, 6.45) is 4.08. The minimum Gasteiger partial charge on any atom is -0.469 e. The Kier molecular flexibility index (Phi) is 7.00. The van der Waals surface area contributed by atoms with Gasteiger partial charge in [0.25, 0.3) is 0 Å². The Balaban J connectivity index is 1.69. The molecule has 0 radical (unpaired) electrons. The first-order valence-electron chi connectivity index (χ1n) is 10.2. The molecular formula is C22H28FNO5. The Morgan fingerprint density at radius 2 is 1.86 bits per heavy atom. The SMILES string of the molecule is COC(=O)[C@@H]1C2CCC(C[C@@H]1OC(=O)c1ccc(F)cc1)N2CCCCC(C)=O. The highest BCUT2D eigenvalue weighted by molar-refractivity contribution is 5.89. The first-order valence-corrected chi connectivity index (χ1v) is 10.2. The number of carbonyl (C=O) groups is 3. The Morgan fingerprint density at radius 1 is 1.14 bits per heavy atom. The molecule has 0 amide bonds. The number of nitrogens with zero attached hydrogens (tertiary/aromatic N) is 1. The zero-order valence-electron chi connectivity index (χ0n) is 16.9. The summed E-state index contributed by atoms with van der Waals surface area (Å²) in [4.78, 5) is 38.6. The standard InChI is InChI=1S/C22H28FNO5/c1-14(25)5-3-4-12-24-17-10-11-18(24)20(22(27)28-2)19(13-17)29-21(26)15-6-8-16(23)9-7-15/h6-9,17-20H,3-5,10-13H2,1-2H3/t17?,18?,19-,20+/m0/s1. The van der Waals surface area contributed by atoms with Crippen LogP contribution in [0.1, 0.15) is 55.8 Å². The van der Waals surface area contributed by atoms with Crippen molar-refractivity contribution in [3.05, 3.63) is 35.6 Å². The summed E-state index contributed by atoms with van der Waals surface area (Å²) in [5, 5.41) is 0. The summed E-state index contributed by atoms with van der Waals surface area (Å²) < 4.78 is 23.8. The molecule has 2 aliphatic heterocycles. The number of unbranched alkanes of at least 4 members (excludes halogenated alkanes) is 1. The van der Waals surface area contributed by atoms with Gasteiger partial charge in [0.1, 0.15) is 23.6 Å². The van der Waals surface area contributed by atoms with Crippen molar-refractivity contribution in [1.29, 1.82) is 0 Å². The van der Waals surface area contributed by atoms with E-state index in [0.29, 0.717) is 12.8 Å². The Morgan fingerprint density at radius 3 is 2.52 bits per heavy atom. The van der Waals surface area contributed by atoms with Crippen molar-refractivity contribution in [2.24, 2.45) is 5.92 Å². The third-order valence-electron chi connectivity index (χ3n) is 6.02. The number of ether oxygens (including phenoxy) is 2. The van der Waals surface area contributed by atoms with Gasteiger partial charge in [0.15, 0.2) is 0 Å². The number of Topliss-reactive ketones (excluding diaryl/α,β-unsaturated/α-hetero) is 1. The summed E-state index contributed by atoms with van der Waals surface area (Å²) in [6, 6.07) is 5.38. The van der Waals surface area contributed by atoms with E-state index in [1.54, 1.807) is 6.92 Å². The molecule has 1 aromatic carbocycles. The van der Waals surface area contributed by atoms with Gasteiger partial charge in [-0.3, -0.25) is 9.69 Å². The summed E-state index contributed by atoms with van der Waals surface area (Å²) in [6.45, 7) is 2.41. The topological polar surface area (TPSA) is 72.9 Å². The van der Waals surface area contributed by atoms with Crippen LogP contribution in [0.4, 0.5) is 4.39 Å². The number of esters is 2. The molecule has 0 aliphatic carbocycles. The van der Waals surface area contributed by atoms with Gasteiger partial charge in [0, 0.05) is 24.9 Å². The molecule has 2 fully saturated rings. The highest BCUT2D eigenvalue weighted by Gasteiger charge is 2.52. The van der Waals surface area contributed by atoms with E-state index < -0.39 is 23.8 Å². The molecule has 0 spiro atoms. The molecule has 2 heterocycles. The maximum absolute atomic E-state index is 13.1. The first kappa shape index (κ1) is 21.4. The third-order valence-corrected chi connectivity index (χ3v) is 6.02. The summed E-state index contributed by atoms with van der Waals surface area (Å²) in [7, 11) is 1.35. The van der Waals surface area contributed by atoms with E-state index in [1.165, 1.54) is 31.4 Å². The van der Waals surface area contributed by atoms with Crippen LogP contribution in [0.2, 0.25) is 0 Å². The van der Waals surface area contributed by atoms with Crippen molar-refractivity contribution in [2.45, 2.75) is 63.6 Å². The number of methoxy groups -OCH3 is 1. The van der Waals surface area contributed by atoms with Gasteiger partial charge < -0.3 is 14.3 Å². The number of fused-ring (bicyclic) bond motifs is 2. The number of hydrogen-bond donors (Lipinski definition) is 0. The second kappa shape index (κ2) is 9.48. The van der Waals surface area contributed by atoms with Gasteiger partial charge in [0.05, 0.1) is 12.7 Å². The van der Waals surface area contributed by atoms with Crippen LogP contribution < -0.4 is 0 Å². The average Bonchev–Trinajstić information content (AvgIpc) is 2.97. The molecule has 0 N–H and O–H groups in total. The van der Waals surface area contributed by atoms with Crippen LogP contribution in [-0.2, 0) is 19.1 Å². The van der Waals surface area contributed by atoms with Crippen molar-refractivity contribution in [3.63, 3.8) is 0 Å². The molecule has 6 nitrogen and oxygen atoms in total. The Bertz CT molecular complexity index is 750. The van der Waals surface area contributed by atoms with Gasteiger partial charge in [-0.15, -0.1) is 0 Å². The largest absolute Gasteiger partial charge is 0.469 e. The molecule has 0 saturated carbocycles. The predicted molar refractivity (Wildman–Crippen MR) is 104 cm³/mol. The zero-order valence-corrected chi connectivity index (χ0v) is 16.9. The average molecular weight is 405 g/mol. The molecule has 158 valence electrons. The lowest BCUT2D eigenvalue weighted by Gasteiger charge is -2.42. The molecule has 29 heavy (non-hydrogen) atoms. The number of piperidine rings is 1. The van der Waals surface area contributed by atoms with E-state index in [2.05, 4.69) is 4.90 Å². The van der Waals surface area contributed by atoms with E-state index in [1.807, 2.05) is 0 Å². The summed E-state index contributed by atoms with van der Waals surface area (Å²) >= 11 is 0. The molecule has 3 rings (SSSR count).